The summed E-state index contributed by atoms with van der Waals surface area (Å²) < 4.78 is 5.73. The summed E-state index contributed by atoms with van der Waals surface area (Å²) in [6, 6.07) is 17.7. The number of aryl methyl sites for hydroxylation is 1. The number of hydrogen-bond acceptors (Lipinski definition) is 2. The zero-order chi connectivity index (χ0) is 15.9. The van der Waals surface area contributed by atoms with Gasteiger partial charge in [0.2, 0.25) is 0 Å². The predicted molar refractivity (Wildman–Crippen MR) is 88.9 cm³/mol. The van der Waals surface area contributed by atoms with Crippen molar-refractivity contribution < 1.29 is 9.53 Å². The van der Waals surface area contributed by atoms with Crippen LogP contribution in [-0.2, 0) is 4.79 Å². The van der Waals surface area contributed by atoms with Gasteiger partial charge >= 0.3 is 0 Å². The second kappa shape index (κ2) is 7.64. The van der Waals surface area contributed by atoms with E-state index in [9.17, 15) is 4.79 Å². The number of nitrogens with one attached hydrogen (secondary N) is 1. The molecule has 3 nitrogen and oxygen atoms in total. The van der Waals surface area contributed by atoms with Crippen LogP contribution in [0.1, 0.15) is 37.4 Å². The minimum atomic E-state index is -0.528. The van der Waals surface area contributed by atoms with E-state index in [1.807, 2.05) is 61.5 Å². The van der Waals surface area contributed by atoms with Gasteiger partial charge in [-0.1, -0.05) is 49.4 Å². The largest absolute Gasteiger partial charge is 0.481 e. The molecule has 2 atom stereocenters. The number of rotatable bonds is 6. The fourth-order valence-electron chi connectivity index (χ4n) is 2.34. The van der Waals surface area contributed by atoms with Gasteiger partial charge in [0.25, 0.3) is 5.91 Å². The number of ether oxygens (including phenoxy) is 1. The van der Waals surface area contributed by atoms with Gasteiger partial charge in [0, 0.05) is 0 Å². The van der Waals surface area contributed by atoms with Crippen LogP contribution >= 0.6 is 0 Å². The van der Waals surface area contributed by atoms with E-state index in [2.05, 4.69) is 12.2 Å². The molecule has 116 valence electrons. The summed E-state index contributed by atoms with van der Waals surface area (Å²) in [7, 11) is 0. The third-order valence-corrected chi connectivity index (χ3v) is 3.60. The molecular formula is C19H23NO2. The molecule has 0 aliphatic carbocycles. The topological polar surface area (TPSA) is 38.3 Å². The van der Waals surface area contributed by atoms with Crippen LogP contribution in [0.2, 0.25) is 0 Å². The molecule has 2 aromatic rings. The molecule has 0 saturated heterocycles. The molecule has 0 bridgehead atoms. The molecule has 0 spiro atoms. The van der Waals surface area contributed by atoms with Gasteiger partial charge in [0.15, 0.2) is 6.10 Å². The molecule has 0 saturated carbocycles. The number of carbonyl (C=O) groups is 1. The average Bonchev–Trinajstić information content (AvgIpc) is 2.53. The van der Waals surface area contributed by atoms with Crippen LogP contribution in [0.25, 0.3) is 0 Å². The summed E-state index contributed by atoms with van der Waals surface area (Å²) in [5.41, 5.74) is 2.22. The molecule has 0 aromatic heterocycles. The maximum Gasteiger partial charge on any atom is 0.261 e. The fraction of sp³-hybridized carbons (Fsp3) is 0.316. The first-order valence-corrected chi connectivity index (χ1v) is 7.68. The number of hydrogen-bond donors (Lipinski definition) is 1. The van der Waals surface area contributed by atoms with E-state index < -0.39 is 6.10 Å². The second-order valence-corrected chi connectivity index (χ2v) is 5.46. The van der Waals surface area contributed by atoms with Crippen LogP contribution in [0.15, 0.2) is 54.6 Å². The van der Waals surface area contributed by atoms with Crippen molar-refractivity contribution in [2.75, 3.05) is 0 Å². The molecule has 1 amide bonds. The molecule has 22 heavy (non-hydrogen) atoms. The lowest BCUT2D eigenvalue weighted by atomic mass is 10.0. The highest BCUT2D eigenvalue weighted by atomic mass is 16.5. The molecule has 0 unspecified atom stereocenters. The quantitative estimate of drug-likeness (QED) is 0.874. The van der Waals surface area contributed by atoms with Gasteiger partial charge in [-0.2, -0.15) is 0 Å². The highest BCUT2D eigenvalue weighted by Crippen LogP contribution is 2.18. The third-order valence-electron chi connectivity index (χ3n) is 3.60. The Hall–Kier alpha value is -2.29. The first kappa shape index (κ1) is 16.1. The number of benzene rings is 2. The van der Waals surface area contributed by atoms with Crippen molar-refractivity contribution in [2.45, 2.75) is 39.3 Å². The van der Waals surface area contributed by atoms with Crippen molar-refractivity contribution in [3.8, 4) is 5.75 Å². The normalized spacial score (nSPS) is 13.2. The molecule has 3 heteroatoms. The van der Waals surface area contributed by atoms with E-state index in [0.717, 1.165) is 23.3 Å². The Morgan fingerprint density at radius 3 is 2.50 bits per heavy atom. The summed E-state index contributed by atoms with van der Waals surface area (Å²) in [5, 5.41) is 3.05. The molecule has 0 heterocycles. The SMILES string of the molecule is CC[C@H](NC(=O)[C@@H](C)Oc1cccc(C)c1)c1ccccc1. The van der Waals surface area contributed by atoms with Crippen LogP contribution in [0.4, 0.5) is 0 Å². The number of amides is 1. The summed E-state index contributed by atoms with van der Waals surface area (Å²) >= 11 is 0. The van der Waals surface area contributed by atoms with E-state index in [-0.39, 0.29) is 11.9 Å². The first-order chi connectivity index (χ1) is 10.6. The summed E-state index contributed by atoms with van der Waals surface area (Å²) in [4.78, 5) is 12.3. The Kier molecular flexibility index (Phi) is 5.59. The maximum atomic E-state index is 12.3. The lowest BCUT2D eigenvalue weighted by molar-refractivity contribution is -0.128. The molecule has 0 aliphatic rings. The van der Waals surface area contributed by atoms with Gasteiger partial charge in [-0.3, -0.25) is 4.79 Å². The van der Waals surface area contributed by atoms with Gasteiger partial charge < -0.3 is 10.1 Å². The van der Waals surface area contributed by atoms with Gasteiger partial charge in [0.1, 0.15) is 5.75 Å². The van der Waals surface area contributed by atoms with Crippen LogP contribution in [0.5, 0.6) is 5.75 Å². The van der Waals surface area contributed by atoms with E-state index >= 15 is 0 Å². The minimum absolute atomic E-state index is 0.0114. The van der Waals surface area contributed by atoms with Crippen LogP contribution in [-0.4, -0.2) is 12.0 Å². The maximum absolute atomic E-state index is 12.3. The van der Waals surface area contributed by atoms with Crippen molar-refractivity contribution >= 4 is 5.91 Å². The summed E-state index contributed by atoms with van der Waals surface area (Å²) in [6.45, 7) is 5.83. The van der Waals surface area contributed by atoms with Gasteiger partial charge in [-0.25, -0.2) is 0 Å². The first-order valence-electron chi connectivity index (χ1n) is 7.68. The standard InChI is InChI=1S/C19H23NO2/c1-4-18(16-10-6-5-7-11-16)20-19(21)15(3)22-17-12-8-9-14(2)13-17/h5-13,15,18H,4H2,1-3H3,(H,20,21)/t15-,18+/m1/s1. The van der Waals surface area contributed by atoms with Crippen molar-refractivity contribution in [1.82, 2.24) is 5.32 Å². The fourth-order valence-corrected chi connectivity index (χ4v) is 2.34. The molecule has 0 fully saturated rings. The monoisotopic (exact) mass is 297 g/mol. The number of carbonyl (C=O) groups excluding carboxylic acids is 1. The van der Waals surface area contributed by atoms with Crippen LogP contribution in [0.3, 0.4) is 0 Å². The molecular weight excluding hydrogens is 274 g/mol. The Bertz CT molecular complexity index is 610. The molecule has 2 aromatic carbocycles. The molecule has 0 aliphatic heterocycles. The Morgan fingerprint density at radius 2 is 1.86 bits per heavy atom. The van der Waals surface area contributed by atoms with Gasteiger partial charge in [-0.05, 0) is 43.5 Å². The zero-order valence-corrected chi connectivity index (χ0v) is 13.4. The Balaban J connectivity index is 1.98. The van der Waals surface area contributed by atoms with Crippen LogP contribution < -0.4 is 10.1 Å². The van der Waals surface area contributed by atoms with Crippen molar-refractivity contribution in [3.05, 3.63) is 65.7 Å². The average molecular weight is 297 g/mol. The van der Waals surface area contributed by atoms with Gasteiger partial charge in [-0.15, -0.1) is 0 Å². The van der Waals surface area contributed by atoms with E-state index in [1.165, 1.54) is 0 Å². The molecule has 1 N–H and O–H groups in total. The third kappa shape index (κ3) is 4.35. The van der Waals surface area contributed by atoms with E-state index in [0.29, 0.717) is 0 Å². The Morgan fingerprint density at radius 1 is 1.14 bits per heavy atom. The van der Waals surface area contributed by atoms with Crippen molar-refractivity contribution in [1.29, 1.82) is 0 Å². The van der Waals surface area contributed by atoms with Crippen molar-refractivity contribution in [2.24, 2.45) is 0 Å². The van der Waals surface area contributed by atoms with E-state index in [4.69, 9.17) is 4.74 Å². The van der Waals surface area contributed by atoms with Crippen LogP contribution in [0, 0.1) is 6.92 Å². The van der Waals surface area contributed by atoms with E-state index in [1.54, 1.807) is 6.92 Å². The Labute approximate surface area is 132 Å². The summed E-state index contributed by atoms with van der Waals surface area (Å²) in [5.74, 6) is 0.618. The second-order valence-electron chi connectivity index (χ2n) is 5.46. The smallest absolute Gasteiger partial charge is 0.261 e. The molecule has 0 radical (unpaired) electrons. The zero-order valence-electron chi connectivity index (χ0n) is 13.4. The minimum Gasteiger partial charge on any atom is -0.481 e. The lowest BCUT2D eigenvalue weighted by Crippen LogP contribution is -2.38. The van der Waals surface area contributed by atoms with Crippen molar-refractivity contribution in [3.63, 3.8) is 0 Å². The highest BCUT2D eigenvalue weighted by molar-refractivity contribution is 5.81. The lowest BCUT2D eigenvalue weighted by Gasteiger charge is -2.21. The summed E-state index contributed by atoms with van der Waals surface area (Å²) in [6.07, 6.45) is 0.312. The van der Waals surface area contributed by atoms with Gasteiger partial charge in [0.05, 0.1) is 6.04 Å². The highest BCUT2D eigenvalue weighted by Gasteiger charge is 2.19. The predicted octanol–water partition coefficient (Wildman–Crippen LogP) is 4.03. The molecule has 2 rings (SSSR count).